The number of hydrogen-bond acceptors (Lipinski definition) is 3. The number of pyridine rings is 1. The summed E-state index contributed by atoms with van der Waals surface area (Å²) in [6.07, 6.45) is 6.51. The number of amides is 2. The third-order valence-electron chi connectivity index (χ3n) is 2.46. The van der Waals surface area contributed by atoms with E-state index >= 15 is 0 Å². The first kappa shape index (κ1) is 14.3. The number of anilines is 1. The lowest BCUT2D eigenvalue weighted by atomic mass is 10.3. The molecule has 0 bridgehead atoms. The van der Waals surface area contributed by atoms with E-state index in [2.05, 4.69) is 27.9 Å². The topological polar surface area (TPSA) is 66.1 Å². The summed E-state index contributed by atoms with van der Waals surface area (Å²) in [6.45, 7) is 4.36. The van der Waals surface area contributed by atoms with Crippen LogP contribution in [0.5, 0.6) is 0 Å². The molecule has 1 rings (SSSR count). The second-order valence-corrected chi connectivity index (χ2v) is 4.05. The number of carbonyl (C=O) groups is 1. The van der Waals surface area contributed by atoms with Gasteiger partial charge in [0.2, 0.25) is 0 Å². The first-order valence-electron chi connectivity index (χ1n) is 6.48. The average Bonchev–Trinajstić information content (AvgIpc) is 2.40. The number of urea groups is 1. The van der Waals surface area contributed by atoms with E-state index in [9.17, 15) is 4.79 Å². The molecule has 5 heteroatoms. The second kappa shape index (κ2) is 9.27. The van der Waals surface area contributed by atoms with Crippen LogP contribution in [0.2, 0.25) is 0 Å². The molecule has 5 nitrogen and oxygen atoms in total. The van der Waals surface area contributed by atoms with E-state index in [4.69, 9.17) is 0 Å². The number of nitrogens with one attached hydrogen (secondary N) is 3. The molecule has 100 valence electrons. The molecule has 0 spiro atoms. The molecule has 0 aromatic carbocycles. The summed E-state index contributed by atoms with van der Waals surface area (Å²) < 4.78 is 0. The van der Waals surface area contributed by atoms with Crippen LogP contribution in [0.15, 0.2) is 24.5 Å². The molecule has 0 unspecified atom stereocenters. The van der Waals surface area contributed by atoms with Crippen LogP contribution < -0.4 is 16.0 Å². The Kier molecular flexibility index (Phi) is 7.36. The maximum absolute atomic E-state index is 11.3. The van der Waals surface area contributed by atoms with Crippen LogP contribution in [-0.2, 0) is 0 Å². The van der Waals surface area contributed by atoms with E-state index in [1.54, 1.807) is 12.4 Å². The van der Waals surface area contributed by atoms with E-state index in [0.717, 1.165) is 38.0 Å². The Bertz CT molecular complexity index is 329. The largest absolute Gasteiger partial charge is 0.385 e. The summed E-state index contributed by atoms with van der Waals surface area (Å²) >= 11 is 0. The summed E-state index contributed by atoms with van der Waals surface area (Å²) in [5, 5.41) is 8.90. The Balaban J connectivity index is 1.97. The number of unbranched alkanes of at least 4 members (excludes halogenated alkanes) is 1. The molecule has 0 saturated carbocycles. The summed E-state index contributed by atoms with van der Waals surface area (Å²) in [7, 11) is 0. The van der Waals surface area contributed by atoms with E-state index in [-0.39, 0.29) is 6.03 Å². The van der Waals surface area contributed by atoms with Gasteiger partial charge in [-0.1, -0.05) is 13.3 Å². The molecular weight excluding hydrogens is 228 g/mol. The van der Waals surface area contributed by atoms with Gasteiger partial charge in [0.05, 0.1) is 0 Å². The fourth-order valence-electron chi connectivity index (χ4n) is 1.43. The van der Waals surface area contributed by atoms with Crippen molar-refractivity contribution in [3.05, 3.63) is 24.5 Å². The molecule has 0 atom stereocenters. The van der Waals surface area contributed by atoms with Crippen molar-refractivity contribution < 1.29 is 4.79 Å². The molecule has 1 aromatic heterocycles. The first-order valence-corrected chi connectivity index (χ1v) is 6.48. The Morgan fingerprint density at radius 2 is 1.78 bits per heavy atom. The summed E-state index contributed by atoms with van der Waals surface area (Å²) in [4.78, 5) is 15.2. The zero-order chi connectivity index (χ0) is 13.1. The SMILES string of the molecule is CCCCNC(=O)NCCCNc1ccncc1. The van der Waals surface area contributed by atoms with Gasteiger partial charge in [-0.3, -0.25) is 4.98 Å². The maximum atomic E-state index is 11.3. The van der Waals surface area contributed by atoms with E-state index in [1.165, 1.54) is 0 Å². The maximum Gasteiger partial charge on any atom is 0.314 e. The van der Waals surface area contributed by atoms with E-state index in [0.29, 0.717) is 6.54 Å². The molecule has 18 heavy (non-hydrogen) atoms. The number of rotatable bonds is 8. The Labute approximate surface area is 108 Å². The number of nitrogens with zero attached hydrogens (tertiary/aromatic N) is 1. The average molecular weight is 250 g/mol. The molecule has 0 saturated heterocycles. The Morgan fingerprint density at radius 3 is 2.44 bits per heavy atom. The van der Waals surface area contributed by atoms with E-state index in [1.807, 2.05) is 12.1 Å². The predicted octanol–water partition coefficient (Wildman–Crippen LogP) is 1.98. The number of aromatic nitrogens is 1. The minimum atomic E-state index is -0.0765. The molecule has 0 aliphatic heterocycles. The number of carbonyl (C=O) groups excluding carboxylic acids is 1. The first-order chi connectivity index (χ1) is 8.83. The van der Waals surface area contributed by atoms with Crippen LogP contribution in [0.25, 0.3) is 0 Å². The van der Waals surface area contributed by atoms with E-state index < -0.39 is 0 Å². The monoisotopic (exact) mass is 250 g/mol. The van der Waals surface area contributed by atoms with Crippen molar-refractivity contribution in [2.24, 2.45) is 0 Å². The molecule has 0 fully saturated rings. The third-order valence-corrected chi connectivity index (χ3v) is 2.46. The summed E-state index contributed by atoms with van der Waals surface area (Å²) in [5.74, 6) is 0. The van der Waals surface area contributed by atoms with Gasteiger partial charge in [-0.15, -0.1) is 0 Å². The van der Waals surface area contributed by atoms with Gasteiger partial charge in [0.1, 0.15) is 0 Å². The van der Waals surface area contributed by atoms with Gasteiger partial charge in [-0.05, 0) is 25.0 Å². The highest BCUT2D eigenvalue weighted by Crippen LogP contribution is 2.02. The van der Waals surface area contributed by atoms with Crippen LogP contribution in [-0.4, -0.2) is 30.6 Å². The quantitative estimate of drug-likeness (QED) is 0.618. The van der Waals surface area contributed by atoms with Crippen LogP contribution in [0.3, 0.4) is 0 Å². The zero-order valence-electron chi connectivity index (χ0n) is 10.9. The standard InChI is InChI=1S/C13H22N4O/c1-2-3-7-16-13(18)17-9-4-8-15-12-5-10-14-11-6-12/h5-6,10-11H,2-4,7-9H2,1H3,(H,14,15)(H2,16,17,18). The van der Waals surface area contributed by atoms with Gasteiger partial charge < -0.3 is 16.0 Å². The Morgan fingerprint density at radius 1 is 1.11 bits per heavy atom. The van der Waals surface area contributed by atoms with Gasteiger partial charge in [0.25, 0.3) is 0 Å². The van der Waals surface area contributed by atoms with Gasteiger partial charge >= 0.3 is 6.03 Å². The van der Waals surface area contributed by atoms with Crippen molar-refractivity contribution in [3.63, 3.8) is 0 Å². The molecular formula is C13H22N4O. The van der Waals surface area contributed by atoms with Gasteiger partial charge in [-0.25, -0.2) is 4.79 Å². The van der Waals surface area contributed by atoms with Crippen molar-refractivity contribution >= 4 is 11.7 Å². The van der Waals surface area contributed by atoms with Crippen molar-refractivity contribution in [3.8, 4) is 0 Å². The highest BCUT2D eigenvalue weighted by molar-refractivity contribution is 5.73. The van der Waals surface area contributed by atoms with Crippen molar-refractivity contribution in [1.82, 2.24) is 15.6 Å². The highest BCUT2D eigenvalue weighted by atomic mass is 16.2. The lowest BCUT2D eigenvalue weighted by Crippen LogP contribution is -2.36. The lowest BCUT2D eigenvalue weighted by molar-refractivity contribution is 0.240. The molecule has 0 aliphatic rings. The highest BCUT2D eigenvalue weighted by Gasteiger charge is 1.97. The fourth-order valence-corrected chi connectivity index (χ4v) is 1.43. The Hall–Kier alpha value is -1.78. The summed E-state index contributed by atoms with van der Waals surface area (Å²) in [5.41, 5.74) is 1.05. The van der Waals surface area contributed by atoms with Gasteiger partial charge in [0, 0.05) is 37.7 Å². The van der Waals surface area contributed by atoms with Gasteiger partial charge in [0.15, 0.2) is 0 Å². The van der Waals surface area contributed by atoms with Crippen LogP contribution in [0.4, 0.5) is 10.5 Å². The van der Waals surface area contributed by atoms with Crippen molar-refractivity contribution in [2.45, 2.75) is 26.2 Å². The molecule has 0 aliphatic carbocycles. The third kappa shape index (κ3) is 6.73. The summed E-state index contributed by atoms with van der Waals surface area (Å²) in [6, 6.07) is 3.77. The van der Waals surface area contributed by atoms with Crippen molar-refractivity contribution in [1.29, 1.82) is 0 Å². The number of hydrogen-bond donors (Lipinski definition) is 3. The minimum Gasteiger partial charge on any atom is -0.385 e. The normalized spacial score (nSPS) is 9.83. The van der Waals surface area contributed by atoms with Crippen LogP contribution >= 0.6 is 0 Å². The second-order valence-electron chi connectivity index (χ2n) is 4.05. The predicted molar refractivity (Wildman–Crippen MR) is 73.7 cm³/mol. The molecule has 1 aromatic rings. The smallest absolute Gasteiger partial charge is 0.314 e. The van der Waals surface area contributed by atoms with Gasteiger partial charge in [-0.2, -0.15) is 0 Å². The molecule has 0 radical (unpaired) electrons. The fraction of sp³-hybridized carbons (Fsp3) is 0.538. The molecule has 2 amide bonds. The molecule has 1 heterocycles. The zero-order valence-corrected chi connectivity index (χ0v) is 10.9. The lowest BCUT2D eigenvalue weighted by Gasteiger charge is -2.08. The molecule has 3 N–H and O–H groups in total. The minimum absolute atomic E-state index is 0.0765. The van der Waals surface area contributed by atoms with Crippen LogP contribution in [0, 0.1) is 0 Å². The van der Waals surface area contributed by atoms with Crippen LogP contribution in [0.1, 0.15) is 26.2 Å². The van der Waals surface area contributed by atoms with Crippen molar-refractivity contribution in [2.75, 3.05) is 25.0 Å².